The first-order valence-electron chi connectivity index (χ1n) is 11.2. The lowest BCUT2D eigenvalue weighted by Gasteiger charge is -2.17. The van der Waals surface area contributed by atoms with E-state index in [1.165, 1.54) is 12.5 Å². The molecular formula is C26H29N7O2. The lowest BCUT2D eigenvalue weighted by Crippen LogP contribution is -2.27. The van der Waals surface area contributed by atoms with Gasteiger partial charge in [0.25, 0.3) is 0 Å². The molecule has 9 heteroatoms. The van der Waals surface area contributed by atoms with Crippen LogP contribution >= 0.6 is 0 Å². The van der Waals surface area contributed by atoms with Gasteiger partial charge in [0.2, 0.25) is 0 Å². The van der Waals surface area contributed by atoms with Crippen LogP contribution in [0.2, 0.25) is 0 Å². The van der Waals surface area contributed by atoms with E-state index >= 15 is 0 Å². The number of nitrogens with one attached hydrogen (secondary N) is 3. The molecule has 0 fully saturated rings. The topological polar surface area (TPSA) is 120 Å². The highest BCUT2D eigenvalue weighted by atomic mass is 16.5. The van der Waals surface area contributed by atoms with Gasteiger partial charge in [-0.05, 0) is 31.0 Å². The molecule has 3 aromatic heterocycles. The van der Waals surface area contributed by atoms with Crippen LogP contribution in [0.1, 0.15) is 25.0 Å². The van der Waals surface area contributed by atoms with Crippen LogP contribution in [-0.2, 0) is 6.54 Å². The Labute approximate surface area is 204 Å². The zero-order valence-electron chi connectivity index (χ0n) is 20.0. The molecule has 1 aromatic carbocycles. The molecule has 0 saturated heterocycles. The normalized spacial score (nSPS) is 11.9. The van der Waals surface area contributed by atoms with Gasteiger partial charge in [0.1, 0.15) is 30.1 Å². The molecule has 0 spiro atoms. The maximum atomic E-state index is 9.87. The number of imidazole rings is 1. The molecule has 4 N–H and O–H groups in total. The van der Waals surface area contributed by atoms with E-state index in [-0.39, 0.29) is 6.61 Å². The lowest BCUT2D eigenvalue weighted by molar-refractivity contribution is 0.0285. The van der Waals surface area contributed by atoms with E-state index in [1.807, 2.05) is 60.1 Å². The van der Waals surface area contributed by atoms with E-state index in [0.29, 0.717) is 18.1 Å². The Morgan fingerprint density at radius 1 is 1.14 bits per heavy atom. The number of aromatic nitrogens is 4. The summed E-state index contributed by atoms with van der Waals surface area (Å²) in [4.78, 5) is 13.3. The number of benzene rings is 1. The van der Waals surface area contributed by atoms with Gasteiger partial charge in [-0.3, -0.25) is 4.40 Å². The van der Waals surface area contributed by atoms with Crippen LogP contribution in [0.4, 0.5) is 5.82 Å². The fourth-order valence-electron chi connectivity index (χ4n) is 3.47. The maximum absolute atomic E-state index is 9.87. The number of anilines is 1. The minimum atomic E-state index is -0.911. The van der Waals surface area contributed by atoms with Gasteiger partial charge in [0, 0.05) is 49.9 Å². The second kappa shape index (κ2) is 10.4. The summed E-state index contributed by atoms with van der Waals surface area (Å²) in [5.41, 5.74) is 4.27. The summed E-state index contributed by atoms with van der Waals surface area (Å²) in [5, 5.41) is 23.7. The van der Waals surface area contributed by atoms with Gasteiger partial charge >= 0.3 is 0 Å². The predicted octanol–water partition coefficient (Wildman–Crippen LogP) is 3.76. The minimum Gasteiger partial charge on any atom is -0.490 e. The molecular weight excluding hydrogens is 442 g/mol. The van der Waals surface area contributed by atoms with Gasteiger partial charge in [-0.15, -0.1) is 0 Å². The third-order valence-corrected chi connectivity index (χ3v) is 5.22. The van der Waals surface area contributed by atoms with Crippen molar-refractivity contribution in [3.05, 3.63) is 78.5 Å². The smallest absolute Gasteiger partial charge is 0.140 e. The zero-order chi connectivity index (χ0) is 24.8. The number of ether oxygens (including phenoxy) is 1. The number of allylic oxidation sites excluding steroid dienone is 1. The van der Waals surface area contributed by atoms with Gasteiger partial charge in [-0.2, -0.15) is 0 Å². The molecule has 180 valence electrons. The second-order valence-electron chi connectivity index (χ2n) is 8.71. The fraction of sp³-hybridized carbons (Fsp3) is 0.231. The quantitative estimate of drug-likeness (QED) is 0.260. The number of aliphatic hydroxyl groups is 1. The average Bonchev–Trinajstić information content (AvgIpc) is 3.28. The van der Waals surface area contributed by atoms with Crippen LogP contribution < -0.4 is 15.4 Å². The Hall–Kier alpha value is -4.24. The Bertz CT molecular complexity index is 1340. The van der Waals surface area contributed by atoms with Crippen molar-refractivity contribution < 1.29 is 9.84 Å². The highest BCUT2D eigenvalue weighted by molar-refractivity contribution is 6.08. The third kappa shape index (κ3) is 6.01. The van der Waals surface area contributed by atoms with Crippen LogP contribution in [0.15, 0.2) is 67.4 Å². The van der Waals surface area contributed by atoms with E-state index in [1.54, 1.807) is 26.2 Å². The van der Waals surface area contributed by atoms with Gasteiger partial charge in [0.05, 0.1) is 23.2 Å². The summed E-state index contributed by atoms with van der Waals surface area (Å²) in [7, 11) is 1.82. The van der Waals surface area contributed by atoms with Crippen molar-refractivity contribution in [1.82, 2.24) is 24.7 Å². The summed E-state index contributed by atoms with van der Waals surface area (Å²) < 4.78 is 7.60. The molecule has 0 aliphatic carbocycles. The number of rotatable bonds is 10. The van der Waals surface area contributed by atoms with Crippen molar-refractivity contribution in [3.63, 3.8) is 0 Å². The Balaban J connectivity index is 1.46. The summed E-state index contributed by atoms with van der Waals surface area (Å²) in [6, 6.07) is 13.6. The fourth-order valence-corrected chi connectivity index (χ4v) is 3.47. The van der Waals surface area contributed by atoms with Crippen molar-refractivity contribution in [2.75, 3.05) is 19.0 Å². The summed E-state index contributed by atoms with van der Waals surface area (Å²) in [5.74, 6) is 1.34. The highest BCUT2D eigenvalue weighted by Crippen LogP contribution is 2.24. The van der Waals surface area contributed by atoms with Crippen molar-refractivity contribution in [1.29, 1.82) is 5.41 Å². The molecule has 0 radical (unpaired) electrons. The Morgan fingerprint density at radius 2 is 1.94 bits per heavy atom. The van der Waals surface area contributed by atoms with Crippen molar-refractivity contribution in [3.8, 4) is 17.1 Å². The van der Waals surface area contributed by atoms with E-state index in [9.17, 15) is 5.11 Å². The Morgan fingerprint density at radius 3 is 2.66 bits per heavy atom. The molecule has 35 heavy (non-hydrogen) atoms. The highest BCUT2D eigenvalue weighted by Gasteiger charge is 2.14. The van der Waals surface area contributed by atoms with Crippen LogP contribution in [0.3, 0.4) is 0 Å². The lowest BCUT2D eigenvalue weighted by atomic mass is 10.1. The number of hydrogen-bond donors (Lipinski definition) is 4. The molecule has 0 amide bonds. The molecule has 9 nitrogen and oxygen atoms in total. The van der Waals surface area contributed by atoms with Crippen LogP contribution in [0.5, 0.6) is 5.75 Å². The molecule has 0 aliphatic rings. The third-order valence-electron chi connectivity index (χ3n) is 5.22. The molecule has 0 aliphatic heterocycles. The average molecular weight is 472 g/mol. The van der Waals surface area contributed by atoms with E-state index in [2.05, 4.69) is 25.6 Å². The summed E-state index contributed by atoms with van der Waals surface area (Å²) in [6.45, 7) is 4.19. The molecule has 3 heterocycles. The monoisotopic (exact) mass is 471 g/mol. The van der Waals surface area contributed by atoms with E-state index in [0.717, 1.165) is 33.7 Å². The molecule has 0 atom stereocenters. The maximum Gasteiger partial charge on any atom is 0.140 e. The van der Waals surface area contributed by atoms with Gasteiger partial charge < -0.3 is 25.9 Å². The molecule has 4 aromatic rings. The summed E-state index contributed by atoms with van der Waals surface area (Å²) in [6.07, 6.45) is 8.29. The minimum absolute atomic E-state index is 0.191. The van der Waals surface area contributed by atoms with Gasteiger partial charge in [-0.25, -0.2) is 15.0 Å². The first-order chi connectivity index (χ1) is 16.9. The standard InChI is InChI=1S/C26H29N7O2/c1-26(2,34)16-35-21-8-9-33-23(15-30-25(33)10-21)22-11-24(32-17-31-22)29-13-18-4-6-19(7-5-18)20(12-27)14-28-3/h4-12,14-15,17,27-28,34H,13,16H2,1-3H3,(H,29,31,32)/b20-14+,27-12?. The molecule has 0 saturated carbocycles. The van der Waals surface area contributed by atoms with E-state index in [4.69, 9.17) is 10.1 Å². The number of fused-ring (bicyclic) bond motifs is 1. The van der Waals surface area contributed by atoms with Crippen molar-refractivity contribution in [2.24, 2.45) is 0 Å². The van der Waals surface area contributed by atoms with Crippen LogP contribution in [-0.4, -0.2) is 49.9 Å². The number of nitrogens with zero attached hydrogens (tertiary/aromatic N) is 4. The molecule has 4 rings (SSSR count). The van der Waals surface area contributed by atoms with Crippen LogP contribution in [0.25, 0.3) is 22.6 Å². The van der Waals surface area contributed by atoms with Gasteiger partial charge in [0.15, 0.2) is 0 Å². The number of pyridine rings is 1. The SMILES string of the molecule is CN/C=C(\C=N)c1ccc(CNc2cc(-c3cnc4cc(OCC(C)(C)O)ccn34)ncn2)cc1. The molecule has 0 bridgehead atoms. The van der Waals surface area contributed by atoms with Crippen molar-refractivity contribution >= 4 is 23.3 Å². The van der Waals surface area contributed by atoms with Gasteiger partial charge in [-0.1, -0.05) is 24.3 Å². The number of hydrogen-bond acceptors (Lipinski definition) is 8. The zero-order valence-corrected chi connectivity index (χ0v) is 20.0. The first-order valence-corrected chi connectivity index (χ1v) is 11.2. The molecule has 0 unspecified atom stereocenters. The second-order valence-corrected chi connectivity index (χ2v) is 8.71. The predicted molar refractivity (Wildman–Crippen MR) is 138 cm³/mol. The summed E-state index contributed by atoms with van der Waals surface area (Å²) >= 11 is 0. The first kappa shape index (κ1) is 23.9. The van der Waals surface area contributed by atoms with Crippen molar-refractivity contribution in [2.45, 2.75) is 26.0 Å². The largest absolute Gasteiger partial charge is 0.490 e. The van der Waals surface area contributed by atoms with Crippen LogP contribution in [0, 0.1) is 5.41 Å². The Kier molecular flexibility index (Phi) is 7.07. The van der Waals surface area contributed by atoms with E-state index < -0.39 is 5.60 Å².